The zero-order valence-electron chi connectivity index (χ0n) is 20.8. The van der Waals surface area contributed by atoms with Crippen LogP contribution in [0.2, 0.25) is 0 Å². The number of Topliss-reactive ketones (excluding diaryl/α,β-unsaturated/α-hetero) is 1. The van der Waals surface area contributed by atoms with Gasteiger partial charge < -0.3 is 34.1 Å². The van der Waals surface area contributed by atoms with Crippen molar-refractivity contribution in [2.24, 2.45) is 0 Å². The van der Waals surface area contributed by atoms with Crippen LogP contribution in [0.25, 0.3) is 6.08 Å². The maximum atomic E-state index is 12.9. The van der Waals surface area contributed by atoms with E-state index in [1.165, 1.54) is 45.6 Å². The average Bonchev–Trinajstić information content (AvgIpc) is 3.24. The van der Waals surface area contributed by atoms with Crippen LogP contribution in [0, 0.1) is 0 Å². The molecule has 1 aliphatic rings. The Morgan fingerprint density at radius 2 is 1.71 bits per heavy atom. The molecule has 1 heterocycles. The Labute approximate surface area is 218 Å². The van der Waals surface area contributed by atoms with E-state index in [4.69, 9.17) is 23.7 Å². The second kappa shape index (κ2) is 11.4. The summed E-state index contributed by atoms with van der Waals surface area (Å²) in [6, 6.07) is 15.1. The summed E-state index contributed by atoms with van der Waals surface area (Å²) in [6.45, 7) is -0.436. The predicted molar refractivity (Wildman–Crippen MR) is 136 cm³/mol. The van der Waals surface area contributed by atoms with Gasteiger partial charge in [0.1, 0.15) is 11.5 Å². The van der Waals surface area contributed by atoms with Gasteiger partial charge in [0.2, 0.25) is 11.5 Å². The Morgan fingerprint density at radius 1 is 0.974 bits per heavy atom. The molecule has 0 bridgehead atoms. The number of amides is 1. The molecule has 0 saturated heterocycles. The number of carboxylic acid groups (broad SMARTS) is 1. The van der Waals surface area contributed by atoms with Gasteiger partial charge in [-0.3, -0.25) is 9.59 Å². The van der Waals surface area contributed by atoms with Gasteiger partial charge in [0, 0.05) is 11.6 Å². The molecule has 196 valence electrons. The first kappa shape index (κ1) is 26.1. The predicted octanol–water partition coefficient (Wildman–Crippen LogP) is 3.65. The SMILES string of the molecule is COc1ccc(/C=C2\Oc3cc(OCC(=O)N[C@@H](C(=O)O)c4ccccc4)ccc3C2=O)c(OC)c1OC. The van der Waals surface area contributed by atoms with Crippen molar-refractivity contribution in [3.63, 3.8) is 0 Å². The molecular weight excluding hydrogens is 494 g/mol. The summed E-state index contributed by atoms with van der Waals surface area (Å²) in [5, 5.41) is 11.9. The lowest BCUT2D eigenvalue weighted by Gasteiger charge is -2.15. The highest BCUT2D eigenvalue weighted by atomic mass is 16.5. The summed E-state index contributed by atoms with van der Waals surface area (Å²) in [5.41, 5.74) is 1.30. The maximum Gasteiger partial charge on any atom is 0.330 e. The van der Waals surface area contributed by atoms with E-state index in [0.29, 0.717) is 33.9 Å². The number of carboxylic acids is 1. The van der Waals surface area contributed by atoms with Crippen LogP contribution in [0.1, 0.15) is 27.5 Å². The molecule has 2 N–H and O–H groups in total. The monoisotopic (exact) mass is 519 g/mol. The molecule has 4 rings (SSSR count). The van der Waals surface area contributed by atoms with Crippen LogP contribution in [0.15, 0.2) is 66.4 Å². The fraction of sp³-hybridized carbons (Fsp3) is 0.179. The number of nitrogens with one attached hydrogen (secondary N) is 1. The van der Waals surface area contributed by atoms with Gasteiger partial charge in [0.25, 0.3) is 5.91 Å². The molecule has 10 heteroatoms. The van der Waals surface area contributed by atoms with Gasteiger partial charge in [-0.2, -0.15) is 0 Å². The number of allylic oxidation sites excluding steroid dienone is 1. The number of carbonyl (C=O) groups is 3. The molecule has 0 radical (unpaired) electrons. The normalized spacial score (nSPS) is 13.8. The number of ether oxygens (including phenoxy) is 5. The summed E-state index contributed by atoms with van der Waals surface area (Å²) in [6.07, 6.45) is 1.53. The molecule has 3 aromatic carbocycles. The van der Waals surface area contributed by atoms with Gasteiger partial charge in [0.15, 0.2) is 29.9 Å². The van der Waals surface area contributed by atoms with Gasteiger partial charge in [-0.25, -0.2) is 4.79 Å². The first-order chi connectivity index (χ1) is 18.4. The standard InChI is InChI=1S/C28H25NO9/c1-34-20-12-9-17(26(35-2)27(20)36-3)13-22-25(31)19-11-10-18(14-21(19)38-22)37-15-23(30)29-24(28(32)33)16-7-5-4-6-8-16/h4-14,24H,15H2,1-3H3,(H,29,30)(H,32,33)/b22-13-/t24-/m1/s1. The molecular formula is C28H25NO9. The molecule has 10 nitrogen and oxygen atoms in total. The Morgan fingerprint density at radius 3 is 2.37 bits per heavy atom. The van der Waals surface area contributed by atoms with E-state index < -0.39 is 24.5 Å². The molecule has 38 heavy (non-hydrogen) atoms. The smallest absolute Gasteiger partial charge is 0.330 e. The van der Waals surface area contributed by atoms with Crippen molar-refractivity contribution in [3.05, 3.63) is 83.1 Å². The minimum absolute atomic E-state index is 0.0626. The molecule has 1 aliphatic heterocycles. The van der Waals surface area contributed by atoms with E-state index in [1.807, 2.05) is 0 Å². The molecule has 1 atom stereocenters. The molecule has 3 aromatic rings. The third-order valence-corrected chi connectivity index (χ3v) is 5.72. The third-order valence-electron chi connectivity index (χ3n) is 5.72. The fourth-order valence-electron chi connectivity index (χ4n) is 3.92. The van der Waals surface area contributed by atoms with Crippen LogP contribution in [0.5, 0.6) is 28.7 Å². The summed E-state index contributed by atoms with van der Waals surface area (Å²) in [7, 11) is 4.46. The van der Waals surface area contributed by atoms with Crippen LogP contribution in [-0.4, -0.2) is 50.7 Å². The van der Waals surface area contributed by atoms with E-state index in [2.05, 4.69) is 5.32 Å². The minimum atomic E-state index is -1.21. The highest BCUT2D eigenvalue weighted by molar-refractivity contribution is 6.14. The van der Waals surface area contributed by atoms with Gasteiger partial charge in [-0.1, -0.05) is 30.3 Å². The number of carbonyl (C=O) groups excluding carboxylic acids is 2. The molecule has 0 unspecified atom stereocenters. The van der Waals surface area contributed by atoms with E-state index in [0.717, 1.165) is 0 Å². The first-order valence-corrected chi connectivity index (χ1v) is 11.4. The molecule has 0 fully saturated rings. The first-order valence-electron chi connectivity index (χ1n) is 11.4. The summed E-state index contributed by atoms with van der Waals surface area (Å²) >= 11 is 0. The average molecular weight is 520 g/mol. The van der Waals surface area contributed by atoms with Crippen molar-refractivity contribution >= 4 is 23.7 Å². The van der Waals surface area contributed by atoms with Crippen LogP contribution in [0.4, 0.5) is 0 Å². The van der Waals surface area contributed by atoms with Crippen molar-refractivity contribution < 1.29 is 43.2 Å². The summed E-state index contributed by atoms with van der Waals surface area (Å²) in [4.78, 5) is 36.9. The molecule has 0 saturated carbocycles. The third kappa shape index (κ3) is 5.39. The molecule has 0 aliphatic carbocycles. The number of aliphatic carboxylic acids is 1. The van der Waals surface area contributed by atoms with Crippen LogP contribution in [0.3, 0.4) is 0 Å². The summed E-state index contributed by atoms with van der Waals surface area (Å²) < 4.78 is 27.4. The molecule has 0 spiro atoms. The zero-order chi connectivity index (χ0) is 27.2. The van der Waals surface area contributed by atoms with Crippen LogP contribution < -0.4 is 29.0 Å². The van der Waals surface area contributed by atoms with E-state index >= 15 is 0 Å². The number of rotatable bonds is 10. The van der Waals surface area contributed by atoms with Gasteiger partial charge in [-0.05, 0) is 35.9 Å². The highest BCUT2D eigenvalue weighted by Crippen LogP contribution is 2.42. The van der Waals surface area contributed by atoms with Crippen molar-refractivity contribution in [3.8, 4) is 28.7 Å². The van der Waals surface area contributed by atoms with Crippen molar-refractivity contribution in [2.75, 3.05) is 27.9 Å². The van der Waals surface area contributed by atoms with Gasteiger partial charge in [-0.15, -0.1) is 0 Å². The summed E-state index contributed by atoms with van der Waals surface area (Å²) in [5.74, 6) is -0.358. The number of fused-ring (bicyclic) bond motifs is 1. The van der Waals surface area contributed by atoms with Crippen molar-refractivity contribution in [1.29, 1.82) is 0 Å². The zero-order valence-corrected chi connectivity index (χ0v) is 20.8. The van der Waals surface area contributed by atoms with Crippen molar-refractivity contribution in [2.45, 2.75) is 6.04 Å². The van der Waals surface area contributed by atoms with Crippen molar-refractivity contribution in [1.82, 2.24) is 5.32 Å². The van der Waals surface area contributed by atoms with Crippen LogP contribution >= 0.6 is 0 Å². The Balaban J connectivity index is 1.47. The highest BCUT2D eigenvalue weighted by Gasteiger charge is 2.29. The largest absolute Gasteiger partial charge is 0.493 e. The lowest BCUT2D eigenvalue weighted by Crippen LogP contribution is -2.36. The number of ketones is 1. The second-order valence-corrected chi connectivity index (χ2v) is 8.06. The van der Waals surface area contributed by atoms with E-state index in [-0.39, 0.29) is 23.0 Å². The number of benzene rings is 3. The van der Waals surface area contributed by atoms with Crippen LogP contribution in [-0.2, 0) is 9.59 Å². The Bertz CT molecular complexity index is 1400. The lowest BCUT2D eigenvalue weighted by atomic mass is 10.1. The number of hydrogen-bond donors (Lipinski definition) is 2. The Hall–Kier alpha value is -4.99. The van der Waals surface area contributed by atoms with Gasteiger partial charge in [0.05, 0.1) is 26.9 Å². The Kier molecular flexibility index (Phi) is 7.81. The topological polar surface area (TPSA) is 130 Å². The lowest BCUT2D eigenvalue weighted by molar-refractivity contribution is -0.142. The second-order valence-electron chi connectivity index (χ2n) is 8.06. The maximum absolute atomic E-state index is 12.9. The van der Waals surface area contributed by atoms with E-state index in [9.17, 15) is 19.5 Å². The van der Waals surface area contributed by atoms with E-state index in [1.54, 1.807) is 42.5 Å². The molecule has 1 amide bonds. The number of hydrogen-bond acceptors (Lipinski definition) is 8. The number of methoxy groups -OCH3 is 3. The quantitative estimate of drug-likeness (QED) is 0.386. The molecule has 0 aromatic heterocycles. The van der Waals surface area contributed by atoms with Gasteiger partial charge >= 0.3 is 5.97 Å². The minimum Gasteiger partial charge on any atom is -0.493 e. The fourth-order valence-corrected chi connectivity index (χ4v) is 3.92.